The topological polar surface area (TPSA) is 9.23 Å². The molecule has 0 aromatic rings. The van der Waals surface area contributed by atoms with Crippen LogP contribution in [0.4, 0.5) is 4.39 Å². The van der Waals surface area contributed by atoms with Crippen LogP contribution in [0.5, 0.6) is 0 Å². The van der Waals surface area contributed by atoms with E-state index in [-0.39, 0.29) is 11.6 Å². The Hall–Kier alpha value is -1.57. The molecule has 0 atom stereocenters. The molecule has 1 nitrogen and oxygen atoms in total. The van der Waals surface area contributed by atoms with Crippen LogP contribution in [-0.2, 0) is 4.74 Å². The summed E-state index contributed by atoms with van der Waals surface area (Å²) < 4.78 is 18.4. The Labute approximate surface area is 90.9 Å². The lowest BCUT2D eigenvalue weighted by Crippen LogP contribution is -1.90. The second-order valence-corrected chi connectivity index (χ2v) is 2.79. The van der Waals surface area contributed by atoms with Crippen molar-refractivity contribution in [1.82, 2.24) is 0 Å². The van der Waals surface area contributed by atoms with E-state index in [4.69, 9.17) is 4.74 Å². The Morgan fingerprint density at radius 1 is 1.27 bits per heavy atom. The van der Waals surface area contributed by atoms with E-state index in [0.717, 1.165) is 0 Å². The van der Waals surface area contributed by atoms with E-state index >= 15 is 0 Å². The highest BCUT2D eigenvalue weighted by Crippen LogP contribution is 2.14. The van der Waals surface area contributed by atoms with Gasteiger partial charge in [0.25, 0.3) is 0 Å². The van der Waals surface area contributed by atoms with Crippen LogP contribution < -0.4 is 0 Å². The average molecular weight is 208 g/mol. The number of ether oxygens (including phenoxy) is 1. The molecule has 0 saturated carbocycles. The van der Waals surface area contributed by atoms with Crippen molar-refractivity contribution in [3.05, 3.63) is 60.4 Å². The van der Waals surface area contributed by atoms with Crippen LogP contribution in [0.1, 0.15) is 20.8 Å². The van der Waals surface area contributed by atoms with Crippen LogP contribution in [0.3, 0.4) is 0 Å². The average Bonchev–Trinajstić information content (AvgIpc) is 2.22. The van der Waals surface area contributed by atoms with Crippen LogP contribution in [0.15, 0.2) is 60.4 Å². The minimum Gasteiger partial charge on any atom is -0.455 e. The molecule has 82 valence electrons. The molecule has 0 aliphatic heterocycles. The molecule has 0 radical (unpaired) electrons. The molecule has 0 aliphatic carbocycles. The minimum atomic E-state index is -0.364. The molecule has 0 aromatic carbocycles. The summed E-state index contributed by atoms with van der Waals surface area (Å²) >= 11 is 0. The summed E-state index contributed by atoms with van der Waals surface area (Å²) in [5.41, 5.74) is 0. The third kappa shape index (κ3) is 5.68. The number of allylic oxidation sites excluding steroid dienone is 7. The van der Waals surface area contributed by atoms with Crippen LogP contribution >= 0.6 is 0 Å². The van der Waals surface area contributed by atoms with Gasteiger partial charge >= 0.3 is 0 Å². The van der Waals surface area contributed by atoms with E-state index in [0.29, 0.717) is 5.76 Å². The molecular weight excluding hydrogens is 191 g/mol. The van der Waals surface area contributed by atoms with Gasteiger partial charge in [-0.2, -0.15) is 0 Å². The Kier molecular flexibility index (Phi) is 6.98. The molecular formula is C13H17FO. The van der Waals surface area contributed by atoms with Crippen molar-refractivity contribution in [3.63, 3.8) is 0 Å². The Balaban J connectivity index is 4.78. The fourth-order valence-corrected chi connectivity index (χ4v) is 0.855. The van der Waals surface area contributed by atoms with Crippen molar-refractivity contribution < 1.29 is 9.13 Å². The standard InChI is InChI=1S/C13H17FO/c1-5-8-10-13(11(4)14)15-12(7-3)9-6-2/h5-10H,1H2,2-4H3/b9-6-,10-8-,12-7+,13-11-. The Morgan fingerprint density at radius 3 is 2.33 bits per heavy atom. The number of rotatable bonds is 5. The normalized spacial score (nSPS) is 14.5. The zero-order valence-electron chi connectivity index (χ0n) is 9.46. The second-order valence-electron chi connectivity index (χ2n) is 2.79. The van der Waals surface area contributed by atoms with Gasteiger partial charge in [0.1, 0.15) is 11.6 Å². The first-order valence-corrected chi connectivity index (χ1v) is 4.78. The first-order valence-electron chi connectivity index (χ1n) is 4.78. The lowest BCUT2D eigenvalue weighted by atomic mass is 10.3. The predicted octanol–water partition coefficient (Wildman–Crippen LogP) is 4.43. The van der Waals surface area contributed by atoms with Crippen molar-refractivity contribution in [2.24, 2.45) is 0 Å². The SMILES string of the molecule is C=C/C=C\C(OC(/C=C\C)=C/C)=C(/C)F. The monoisotopic (exact) mass is 208 g/mol. The molecule has 0 spiro atoms. The van der Waals surface area contributed by atoms with Gasteiger partial charge in [-0.3, -0.25) is 0 Å². The third-order valence-electron chi connectivity index (χ3n) is 1.57. The number of hydrogen-bond acceptors (Lipinski definition) is 1. The summed E-state index contributed by atoms with van der Waals surface area (Å²) in [6, 6.07) is 0. The predicted molar refractivity (Wildman–Crippen MR) is 62.8 cm³/mol. The summed E-state index contributed by atoms with van der Waals surface area (Å²) in [7, 11) is 0. The molecule has 0 N–H and O–H groups in total. The van der Waals surface area contributed by atoms with E-state index in [1.165, 1.54) is 13.0 Å². The van der Waals surface area contributed by atoms with Gasteiger partial charge in [0.05, 0.1) is 0 Å². The quantitative estimate of drug-likeness (QED) is 0.480. The first-order chi connectivity index (χ1) is 7.15. The summed E-state index contributed by atoms with van der Waals surface area (Å²) in [4.78, 5) is 0. The van der Waals surface area contributed by atoms with E-state index in [1.54, 1.807) is 24.3 Å². The molecule has 2 heteroatoms. The highest BCUT2D eigenvalue weighted by Gasteiger charge is 2.01. The molecule has 0 unspecified atom stereocenters. The molecule has 0 saturated heterocycles. The molecule has 0 bridgehead atoms. The van der Waals surface area contributed by atoms with Crippen molar-refractivity contribution >= 4 is 0 Å². The Bertz CT molecular complexity index is 315. The van der Waals surface area contributed by atoms with Gasteiger partial charge in [0, 0.05) is 0 Å². The van der Waals surface area contributed by atoms with Gasteiger partial charge < -0.3 is 4.74 Å². The maximum absolute atomic E-state index is 13.0. The van der Waals surface area contributed by atoms with E-state index in [1.807, 2.05) is 19.9 Å². The minimum absolute atomic E-state index is 0.195. The molecule has 0 aliphatic rings. The summed E-state index contributed by atoms with van der Waals surface area (Å²) in [6.45, 7) is 8.57. The largest absolute Gasteiger partial charge is 0.455 e. The zero-order chi connectivity index (χ0) is 11.7. The lowest BCUT2D eigenvalue weighted by Gasteiger charge is -2.06. The highest BCUT2D eigenvalue weighted by molar-refractivity contribution is 5.23. The molecule has 0 aromatic heterocycles. The highest BCUT2D eigenvalue weighted by atomic mass is 19.1. The van der Waals surface area contributed by atoms with E-state index in [9.17, 15) is 4.39 Å². The first kappa shape index (κ1) is 13.4. The van der Waals surface area contributed by atoms with Gasteiger partial charge in [0.2, 0.25) is 0 Å². The zero-order valence-corrected chi connectivity index (χ0v) is 9.46. The van der Waals surface area contributed by atoms with E-state index < -0.39 is 0 Å². The second kappa shape index (κ2) is 7.80. The van der Waals surface area contributed by atoms with Gasteiger partial charge in [-0.05, 0) is 39.0 Å². The maximum atomic E-state index is 13.0. The third-order valence-corrected chi connectivity index (χ3v) is 1.57. The summed E-state index contributed by atoms with van der Waals surface area (Å²) in [6.07, 6.45) is 10.1. The molecule has 0 amide bonds. The van der Waals surface area contributed by atoms with Gasteiger partial charge in [-0.25, -0.2) is 4.39 Å². The molecule has 0 fully saturated rings. The Morgan fingerprint density at radius 2 is 1.93 bits per heavy atom. The summed E-state index contributed by atoms with van der Waals surface area (Å²) in [5, 5.41) is 0. The van der Waals surface area contributed by atoms with Crippen LogP contribution in [0.2, 0.25) is 0 Å². The number of hydrogen-bond donors (Lipinski definition) is 0. The van der Waals surface area contributed by atoms with Crippen LogP contribution in [-0.4, -0.2) is 0 Å². The van der Waals surface area contributed by atoms with Gasteiger partial charge in [-0.1, -0.05) is 24.8 Å². The summed E-state index contributed by atoms with van der Waals surface area (Å²) in [5.74, 6) is 0.441. The fourth-order valence-electron chi connectivity index (χ4n) is 0.855. The van der Waals surface area contributed by atoms with Crippen molar-refractivity contribution in [3.8, 4) is 0 Å². The van der Waals surface area contributed by atoms with Crippen molar-refractivity contribution in [1.29, 1.82) is 0 Å². The van der Waals surface area contributed by atoms with Gasteiger partial charge in [0.15, 0.2) is 5.76 Å². The lowest BCUT2D eigenvalue weighted by molar-refractivity contribution is 0.317. The molecule has 0 rings (SSSR count). The maximum Gasteiger partial charge on any atom is 0.158 e. The number of halogens is 1. The van der Waals surface area contributed by atoms with Gasteiger partial charge in [-0.15, -0.1) is 0 Å². The van der Waals surface area contributed by atoms with Crippen LogP contribution in [0, 0.1) is 0 Å². The van der Waals surface area contributed by atoms with Crippen LogP contribution in [0.25, 0.3) is 0 Å². The van der Waals surface area contributed by atoms with Crippen molar-refractivity contribution in [2.45, 2.75) is 20.8 Å². The molecule has 15 heavy (non-hydrogen) atoms. The molecule has 0 heterocycles. The van der Waals surface area contributed by atoms with Crippen molar-refractivity contribution in [2.75, 3.05) is 0 Å². The fraction of sp³-hybridized carbons (Fsp3) is 0.231. The smallest absolute Gasteiger partial charge is 0.158 e. The van der Waals surface area contributed by atoms with E-state index in [2.05, 4.69) is 6.58 Å².